The van der Waals surface area contributed by atoms with Crippen LogP contribution in [-0.2, 0) is 4.79 Å². The molecular weight excluding hydrogens is 308 g/mol. The molecule has 1 fully saturated rings. The van der Waals surface area contributed by atoms with E-state index in [0.717, 1.165) is 19.5 Å². The van der Waals surface area contributed by atoms with Gasteiger partial charge in [0.05, 0.1) is 0 Å². The lowest BCUT2D eigenvalue weighted by atomic mass is 9.93. The lowest BCUT2D eigenvalue weighted by molar-refractivity contribution is -0.132. The van der Waals surface area contributed by atoms with Gasteiger partial charge >= 0.3 is 0 Å². The molecule has 0 aliphatic carbocycles. The van der Waals surface area contributed by atoms with Crippen LogP contribution in [0.15, 0.2) is 24.3 Å². The van der Waals surface area contributed by atoms with Crippen LogP contribution < -0.4 is 5.32 Å². The molecule has 1 N–H and O–H groups in total. The average molecular weight is 339 g/mol. The normalized spacial score (nSPS) is 19.3. The zero-order valence-corrected chi connectivity index (χ0v) is 15.7. The largest absolute Gasteiger partial charge is 0.341 e. The molecular formula is C19H31ClN2O. The van der Waals surface area contributed by atoms with Crippen molar-refractivity contribution in [3.8, 4) is 0 Å². The van der Waals surface area contributed by atoms with Gasteiger partial charge in [-0.05, 0) is 42.9 Å². The van der Waals surface area contributed by atoms with E-state index in [1.807, 2.05) is 11.9 Å². The molecule has 2 atom stereocenters. The van der Waals surface area contributed by atoms with Gasteiger partial charge in [0.2, 0.25) is 5.91 Å². The third kappa shape index (κ3) is 5.50. The minimum Gasteiger partial charge on any atom is -0.341 e. The fraction of sp³-hybridized carbons (Fsp3) is 0.632. The van der Waals surface area contributed by atoms with Gasteiger partial charge in [-0.1, -0.05) is 45.0 Å². The first-order chi connectivity index (χ1) is 10.5. The van der Waals surface area contributed by atoms with Crippen molar-refractivity contribution >= 4 is 18.3 Å². The first kappa shape index (κ1) is 20.0. The van der Waals surface area contributed by atoms with Gasteiger partial charge in [-0.3, -0.25) is 4.79 Å². The SMILES string of the molecule is CNC1CCCN(C(=O)CC(C)c2ccc(C(C)C)cc2)C1.Cl. The highest BCUT2D eigenvalue weighted by atomic mass is 35.5. The summed E-state index contributed by atoms with van der Waals surface area (Å²) in [5.41, 5.74) is 2.62. The summed E-state index contributed by atoms with van der Waals surface area (Å²) >= 11 is 0. The maximum Gasteiger partial charge on any atom is 0.223 e. The number of likely N-dealkylation sites (N-methyl/N-ethyl adjacent to an activating group) is 1. The van der Waals surface area contributed by atoms with Crippen LogP contribution in [0.3, 0.4) is 0 Å². The van der Waals surface area contributed by atoms with E-state index in [4.69, 9.17) is 0 Å². The van der Waals surface area contributed by atoms with Crippen molar-refractivity contribution in [3.05, 3.63) is 35.4 Å². The van der Waals surface area contributed by atoms with Crippen LogP contribution >= 0.6 is 12.4 Å². The molecule has 130 valence electrons. The predicted molar refractivity (Wildman–Crippen MR) is 99.5 cm³/mol. The first-order valence-electron chi connectivity index (χ1n) is 8.56. The van der Waals surface area contributed by atoms with Crippen LogP contribution in [0.2, 0.25) is 0 Å². The summed E-state index contributed by atoms with van der Waals surface area (Å²) in [5.74, 6) is 1.13. The molecule has 1 amide bonds. The van der Waals surface area contributed by atoms with Gasteiger partial charge in [0, 0.05) is 25.6 Å². The summed E-state index contributed by atoms with van der Waals surface area (Å²) in [7, 11) is 1.98. The fourth-order valence-corrected chi connectivity index (χ4v) is 3.16. The van der Waals surface area contributed by atoms with E-state index in [1.54, 1.807) is 0 Å². The van der Waals surface area contributed by atoms with E-state index in [0.29, 0.717) is 24.3 Å². The minimum atomic E-state index is 0. The Labute approximate surface area is 147 Å². The van der Waals surface area contributed by atoms with Crippen molar-refractivity contribution in [2.24, 2.45) is 0 Å². The molecule has 0 spiro atoms. The van der Waals surface area contributed by atoms with Crippen molar-refractivity contribution in [3.63, 3.8) is 0 Å². The molecule has 0 radical (unpaired) electrons. The molecule has 4 heteroatoms. The molecule has 2 unspecified atom stereocenters. The molecule has 1 aliphatic heterocycles. The first-order valence-corrected chi connectivity index (χ1v) is 8.56. The van der Waals surface area contributed by atoms with Gasteiger partial charge in [0.25, 0.3) is 0 Å². The van der Waals surface area contributed by atoms with Crippen molar-refractivity contribution in [1.82, 2.24) is 10.2 Å². The van der Waals surface area contributed by atoms with E-state index in [-0.39, 0.29) is 18.3 Å². The fourth-order valence-electron chi connectivity index (χ4n) is 3.16. The number of benzene rings is 1. The molecule has 1 aliphatic rings. The number of hydrogen-bond donors (Lipinski definition) is 1. The Morgan fingerprint density at radius 1 is 1.22 bits per heavy atom. The summed E-state index contributed by atoms with van der Waals surface area (Å²) < 4.78 is 0. The molecule has 3 nitrogen and oxygen atoms in total. The minimum absolute atomic E-state index is 0. The van der Waals surface area contributed by atoms with Crippen LogP contribution in [0, 0.1) is 0 Å². The van der Waals surface area contributed by atoms with Crippen molar-refractivity contribution in [2.75, 3.05) is 20.1 Å². The Morgan fingerprint density at radius 3 is 2.39 bits per heavy atom. The Kier molecular flexibility index (Phi) is 8.07. The summed E-state index contributed by atoms with van der Waals surface area (Å²) in [4.78, 5) is 14.5. The van der Waals surface area contributed by atoms with Gasteiger partial charge < -0.3 is 10.2 Å². The smallest absolute Gasteiger partial charge is 0.223 e. The van der Waals surface area contributed by atoms with E-state index in [2.05, 4.69) is 50.4 Å². The van der Waals surface area contributed by atoms with Gasteiger partial charge in [0.15, 0.2) is 0 Å². The van der Waals surface area contributed by atoms with Crippen LogP contribution in [0.5, 0.6) is 0 Å². The summed E-state index contributed by atoms with van der Waals surface area (Å²) in [6.07, 6.45) is 2.89. The van der Waals surface area contributed by atoms with E-state index >= 15 is 0 Å². The quantitative estimate of drug-likeness (QED) is 0.882. The number of halogens is 1. The molecule has 1 aromatic carbocycles. The molecule has 0 aromatic heterocycles. The Bertz CT molecular complexity index is 487. The van der Waals surface area contributed by atoms with Crippen LogP contribution in [0.4, 0.5) is 0 Å². The Balaban J connectivity index is 0.00000264. The summed E-state index contributed by atoms with van der Waals surface area (Å²) in [6.45, 7) is 8.33. The number of rotatable bonds is 5. The van der Waals surface area contributed by atoms with Crippen LogP contribution in [0.25, 0.3) is 0 Å². The number of piperidine rings is 1. The topological polar surface area (TPSA) is 32.3 Å². The molecule has 1 heterocycles. The second-order valence-corrected chi connectivity index (χ2v) is 6.89. The van der Waals surface area contributed by atoms with Gasteiger partial charge in [-0.15, -0.1) is 12.4 Å². The zero-order chi connectivity index (χ0) is 16.1. The van der Waals surface area contributed by atoms with Crippen LogP contribution in [-0.4, -0.2) is 37.0 Å². The standard InChI is InChI=1S/C19H30N2O.ClH/c1-14(2)16-7-9-17(10-8-16)15(3)12-19(22)21-11-5-6-18(13-21)20-4;/h7-10,14-15,18,20H,5-6,11-13H2,1-4H3;1H. The molecule has 23 heavy (non-hydrogen) atoms. The number of carbonyl (C=O) groups excluding carboxylic acids is 1. The molecule has 1 aromatic rings. The number of hydrogen-bond acceptors (Lipinski definition) is 2. The maximum atomic E-state index is 12.5. The highest BCUT2D eigenvalue weighted by Crippen LogP contribution is 2.23. The van der Waals surface area contributed by atoms with Gasteiger partial charge in [-0.2, -0.15) is 0 Å². The number of likely N-dealkylation sites (tertiary alicyclic amines) is 1. The Hall–Kier alpha value is -1.06. The second-order valence-electron chi connectivity index (χ2n) is 6.89. The molecule has 0 saturated carbocycles. The van der Waals surface area contributed by atoms with E-state index < -0.39 is 0 Å². The van der Waals surface area contributed by atoms with Gasteiger partial charge in [-0.25, -0.2) is 0 Å². The summed E-state index contributed by atoms with van der Waals surface area (Å²) in [5, 5.41) is 3.30. The predicted octanol–water partition coefficient (Wildman–Crippen LogP) is 3.94. The highest BCUT2D eigenvalue weighted by molar-refractivity contribution is 5.85. The Morgan fingerprint density at radius 2 is 1.83 bits per heavy atom. The second kappa shape index (κ2) is 9.29. The van der Waals surface area contributed by atoms with Crippen molar-refractivity contribution < 1.29 is 4.79 Å². The van der Waals surface area contributed by atoms with Crippen molar-refractivity contribution in [2.45, 2.75) is 57.9 Å². The summed E-state index contributed by atoms with van der Waals surface area (Å²) in [6, 6.07) is 9.20. The highest BCUT2D eigenvalue weighted by Gasteiger charge is 2.23. The lowest BCUT2D eigenvalue weighted by Crippen LogP contribution is -2.47. The third-order valence-corrected chi connectivity index (χ3v) is 4.84. The van der Waals surface area contributed by atoms with Crippen molar-refractivity contribution in [1.29, 1.82) is 0 Å². The number of nitrogens with one attached hydrogen (secondary N) is 1. The molecule has 1 saturated heterocycles. The molecule has 2 rings (SSSR count). The third-order valence-electron chi connectivity index (χ3n) is 4.84. The van der Waals surface area contributed by atoms with Gasteiger partial charge in [0.1, 0.15) is 0 Å². The van der Waals surface area contributed by atoms with Crippen LogP contribution in [0.1, 0.15) is 63.0 Å². The number of nitrogens with zero attached hydrogens (tertiary/aromatic N) is 1. The molecule has 0 bridgehead atoms. The monoisotopic (exact) mass is 338 g/mol. The number of amides is 1. The number of carbonyl (C=O) groups is 1. The van der Waals surface area contributed by atoms with E-state index in [1.165, 1.54) is 17.5 Å². The zero-order valence-electron chi connectivity index (χ0n) is 14.8. The average Bonchev–Trinajstić information content (AvgIpc) is 2.54. The van der Waals surface area contributed by atoms with E-state index in [9.17, 15) is 4.79 Å². The lowest BCUT2D eigenvalue weighted by Gasteiger charge is -2.33. The maximum absolute atomic E-state index is 12.5.